The molecular formula is C31H56N2O5. The topological polar surface area (TPSA) is 60.5 Å². The minimum Gasteiger partial charge on any atom is -0.431 e. The number of carbonyl (C=O) groups excluding carboxylic acids is 1. The molecule has 2 heterocycles. The lowest BCUT2D eigenvalue weighted by Crippen LogP contribution is -2.63. The summed E-state index contributed by atoms with van der Waals surface area (Å²) in [7, 11) is 0. The monoisotopic (exact) mass is 536 g/mol. The van der Waals surface area contributed by atoms with E-state index in [4.69, 9.17) is 19.1 Å². The molecule has 4 rings (SSSR count). The van der Waals surface area contributed by atoms with Gasteiger partial charge >= 0.3 is 6.16 Å². The van der Waals surface area contributed by atoms with Gasteiger partial charge in [-0.1, -0.05) is 38.5 Å². The highest BCUT2D eigenvalue weighted by atomic mass is 16.7. The first kappa shape index (κ1) is 30.1. The Labute approximate surface area is 232 Å². The molecule has 0 unspecified atom stereocenters. The van der Waals surface area contributed by atoms with E-state index in [0.717, 1.165) is 51.4 Å². The van der Waals surface area contributed by atoms with Crippen LogP contribution in [0, 0.1) is 0 Å². The molecule has 4 aliphatic rings. The molecule has 2 saturated heterocycles. The number of hydrogen-bond donors (Lipinski definition) is 0. The molecular weight excluding hydrogens is 480 g/mol. The van der Waals surface area contributed by atoms with Crippen LogP contribution in [0.15, 0.2) is 0 Å². The number of rotatable bonds is 6. The summed E-state index contributed by atoms with van der Waals surface area (Å²) in [6.45, 7) is 17.6. The van der Waals surface area contributed by atoms with E-state index in [9.17, 15) is 4.79 Å². The Bertz CT molecular complexity index is 698. The maximum atomic E-state index is 13.1. The first-order chi connectivity index (χ1) is 17.7. The number of piperidine rings is 2. The summed E-state index contributed by atoms with van der Waals surface area (Å²) >= 11 is 0. The van der Waals surface area contributed by atoms with Crippen molar-refractivity contribution in [1.82, 2.24) is 10.1 Å². The largest absolute Gasteiger partial charge is 0.508 e. The van der Waals surface area contributed by atoms with Crippen LogP contribution in [-0.4, -0.2) is 62.9 Å². The van der Waals surface area contributed by atoms with Crippen molar-refractivity contribution in [2.75, 3.05) is 0 Å². The van der Waals surface area contributed by atoms with E-state index in [-0.39, 0.29) is 34.4 Å². The quantitative estimate of drug-likeness (QED) is 0.322. The minimum absolute atomic E-state index is 0.200. The number of hydrogen-bond acceptors (Lipinski definition) is 7. The zero-order valence-corrected chi connectivity index (χ0v) is 25.6. The summed E-state index contributed by atoms with van der Waals surface area (Å²) in [4.78, 5) is 26.3. The van der Waals surface area contributed by atoms with Crippen LogP contribution in [0.4, 0.5) is 4.79 Å². The van der Waals surface area contributed by atoms with E-state index >= 15 is 0 Å². The number of ether oxygens (including phenoxy) is 2. The Morgan fingerprint density at radius 3 is 1.08 bits per heavy atom. The van der Waals surface area contributed by atoms with Crippen LogP contribution in [0.5, 0.6) is 0 Å². The van der Waals surface area contributed by atoms with Gasteiger partial charge in [0, 0.05) is 47.8 Å². The molecule has 4 fully saturated rings. The molecule has 7 heteroatoms. The number of carbonyl (C=O) groups is 1. The van der Waals surface area contributed by atoms with Gasteiger partial charge in [0.25, 0.3) is 0 Å². The molecule has 220 valence electrons. The van der Waals surface area contributed by atoms with Crippen molar-refractivity contribution < 1.29 is 23.9 Å². The van der Waals surface area contributed by atoms with Crippen molar-refractivity contribution in [2.24, 2.45) is 0 Å². The Hall–Kier alpha value is -0.890. The second-order valence-corrected chi connectivity index (χ2v) is 15.1. The SMILES string of the molecule is CC1(C)CC(OC(=O)OC2CC(C)(C)N(OC3CCCCC3)C(C)(C)C2)CC(C)(C)N1OC1CCCCC1. The Morgan fingerprint density at radius 1 is 0.500 bits per heavy atom. The molecule has 0 aromatic heterocycles. The van der Waals surface area contributed by atoms with E-state index in [1.54, 1.807) is 0 Å². The van der Waals surface area contributed by atoms with E-state index < -0.39 is 6.16 Å². The number of hydroxylamine groups is 4. The molecule has 0 aromatic carbocycles. The van der Waals surface area contributed by atoms with Gasteiger partial charge in [0.1, 0.15) is 12.2 Å². The molecule has 0 radical (unpaired) electrons. The summed E-state index contributed by atoms with van der Waals surface area (Å²) < 4.78 is 12.0. The van der Waals surface area contributed by atoms with E-state index in [1.807, 2.05) is 0 Å². The lowest BCUT2D eigenvalue weighted by Gasteiger charge is -2.55. The van der Waals surface area contributed by atoms with Crippen molar-refractivity contribution in [3.63, 3.8) is 0 Å². The van der Waals surface area contributed by atoms with Crippen LogP contribution >= 0.6 is 0 Å². The van der Waals surface area contributed by atoms with E-state index in [2.05, 4.69) is 65.5 Å². The number of nitrogens with zero attached hydrogens (tertiary/aromatic N) is 2. The molecule has 38 heavy (non-hydrogen) atoms. The fraction of sp³-hybridized carbons (Fsp3) is 0.968. The summed E-state index contributed by atoms with van der Waals surface area (Å²) in [5, 5.41) is 4.41. The predicted molar refractivity (Wildman–Crippen MR) is 150 cm³/mol. The fourth-order valence-corrected chi connectivity index (χ4v) is 8.02. The van der Waals surface area contributed by atoms with Gasteiger partial charge in [0.05, 0.1) is 12.2 Å². The lowest BCUT2D eigenvalue weighted by molar-refractivity contribution is -0.320. The van der Waals surface area contributed by atoms with Crippen molar-refractivity contribution >= 4 is 6.16 Å². The maximum Gasteiger partial charge on any atom is 0.508 e. The highest BCUT2D eigenvalue weighted by Crippen LogP contribution is 2.43. The van der Waals surface area contributed by atoms with E-state index in [0.29, 0.717) is 12.2 Å². The molecule has 0 atom stereocenters. The van der Waals surface area contributed by atoms with Crippen LogP contribution < -0.4 is 0 Å². The van der Waals surface area contributed by atoms with Crippen molar-refractivity contribution in [1.29, 1.82) is 0 Å². The summed E-state index contributed by atoms with van der Waals surface area (Å²) in [5.41, 5.74) is -0.961. The van der Waals surface area contributed by atoms with Gasteiger partial charge in [0.15, 0.2) is 0 Å². The van der Waals surface area contributed by atoms with Crippen LogP contribution in [0.1, 0.15) is 145 Å². The molecule has 7 nitrogen and oxygen atoms in total. The highest BCUT2D eigenvalue weighted by Gasteiger charge is 2.51. The standard InChI is InChI=1S/C31H56N2O5/c1-28(2)19-25(20-29(3,4)32(28)37-23-15-11-9-12-16-23)35-27(34)36-26-21-30(5,6)33(31(7,8)22-26)38-24-17-13-10-14-18-24/h23-26H,9-22H2,1-8H3. The molecule has 0 bridgehead atoms. The van der Waals surface area contributed by atoms with Crippen molar-refractivity contribution in [2.45, 2.75) is 192 Å². The maximum absolute atomic E-state index is 13.1. The van der Waals surface area contributed by atoms with Crippen LogP contribution in [0.2, 0.25) is 0 Å². The smallest absolute Gasteiger partial charge is 0.431 e. The van der Waals surface area contributed by atoms with Gasteiger partial charge in [-0.3, -0.25) is 9.68 Å². The first-order valence-electron chi connectivity index (χ1n) is 15.5. The average molecular weight is 537 g/mol. The van der Waals surface area contributed by atoms with Gasteiger partial charge in [-0.2, -0.15) is 10.1 Å². The van der Waals surface area contributed by atoms with Crippen LogP contribution in [0.25, 0.3) is 0 Å². The zero-order chi connectivity index (χ0) is 27.8. The van der Waals surface area contributed by atoms with Gasteiger partial charge in [-0.25, -0.2) is 4.79 Å². The summed E-state index contributed by atoms with van der Waals surface area (Å²) in [6, 6.07) is 0. The second-order valence-electron chi connectivity index (χ2n) is 15.1. The Morgan fingerprint density at radius 2 is 0.789 bits per heavy atom. The van der Waals surface area contributed by atoms with Crippen molar-refractivity contribution in [3.8, 4) is 0 Å². The Balaban J connectivity index is 1.33. The Kier molecular flexibility index (Phi) is 9.13. The molecule has 2 aliphatic heterocycles. The molecule has 0 spiro atoms. The molecule has 2 saturated carbocycles. The third kappa shape index (κ3) is 7.24. The van der Waals surface area contributed by atoms with Crippen LogP contribution in [0.3, 0.4) is 0 Å². The normalized spacial score (nSPS) is 29.7. The van der Waals surface area contributed by atoms with Gasteiger partial charge in [0.2, 0.25) is 0 Å². The van der Waals surface area contributed by atoms with Gasteiger partial charge in [-0.05, 0) is 81.1 Å². The van der Waals surface area contributed by atoms with Crippen LogP contribution in [-0.2, 0) is 19.1 Å². The predicted octanol–water partition coefficient (Wildman–Crippen LogP) is 7.71. The highest BCUT2D eigenvalue weighted by molar-refractivity contribution is 5.60. The first-order valence-corrected chi connectivity index (χ1v) is 15.5. The fourth-order valence-electron chi connectivity index (χ4n) is 8.02. The van der Waals surface area contributed by atoms with Crippen molar-refractivity contribution in [3.05, 3.63) is 0 Å². The molecule has 0 N–H and O–H groups in total. The second kappa shape index (κ2) is 11.5. The molecule has 0 amide bonds. The van der Waals surface area contributed by atoms with Gasteiger partial charge < -0.3 is 9.47 Å². The average Bonchev–Trinajstić information content (AvgIpc) is 2.79. The summed E-state index contributed by atoms with van der Waals surface area (Å²) in [6.07, 6.45) is 14.7. The minimum atomic E-state index is -0.540. The molecule has 0 aromatic rings. The third-order valence-electron chi connectivity index (χ3n) is 9.25. The molecule has 2 aliphatic carbocycles. The third-order valence-corrected chi connectivity index (χ3v) is 9.25. The van der Waals surface area contributed by atoms with E-state index in [1.165, 1.54) is 38.5 Å². The van der Waals surface area contributed by atoms with Gasteiger partial charge in [-0.15, -0.1) is 0 Å². The zero-order valence-electron chi connectivity index (χ0n) is 25.6. The lowest BCUT2D eigenvalue weighted by atomic mass is 9.80. The summed E-state index contributed by atoms with van der Waals surface area (Å²) in [5.74, 6) is 0.